The van der Waals surface area contributed by atoms with E-state index in [1.54, 1.807) is 0 Å². The Bertz CT molecular complexity index is 159. The molecule has 0 amide bonds. The molecule has 1 unspecified atom stereocenters. The Labute approximate surface area is 85.6 Å². The third kappa shape index (κ3) is 6.86. The van der Waals surface area contributed by atoms with Gasteiger partial charge in [0.2, 0.25) is 0 Å². The van der Waals surface area contributed by atoms with Gasteiger partial charge in [-0.1, -0.05) is 20.8 Å². The smallest absolute Gasteiger partial charge is 0.323 e. The lowest BCUT2D eigenvalue weighted by molar-refractivity contribution is -0.141. The molecule has 0 rings (SSSR count). The fourth-order valence-corrected chi connectivity index (χ4v) is 0.984. The number of carboxylic acids is 1. The molecule has 1 atom stereocenters. The minimum absolute atomic E-state index is 0.246. The van der Waals surface area contributed by atoms with Crippen LogP contribution in [0.3, 0.4) is 0 Å². The molecule has 0 aliphatic heterocycles. The van der Waals surface area contributed by atoms with Crippen LogP contribution in [0, 0.1) is 5.92 Å². The predicted octanol–water partition coefficient (Wildman–Crippen LogP) is 1.11. The fraction of sp³-hybridized carbons (Fsp3) is 0.900. The van der Waals surface area contributed by atoms with Crippen LogP contribution in [0.4, 0.5) is 0 Å². The number of carbonyl (C=O) groups is 1. The minimum Gasteiger partial charge on any atom is -0.480 e. The van der Waals surface area contributed by atoms with Crippen LogP contribution in [0.25, 0.3) is 0 Å². The van der Waals surface area contributed by atoms with Crippen molar-refractivity contribution in [2.45, 2.75) is 33.2 Å². The van der Waals surface area contributed by atoms with Gasteiger partial charge in [0.15, 0.2) is 0 Å². The van der Waals surface area contributed by atoms with Crippen molar-refractivity contribution in [3.8, 4) is 0 Å². The molecule has 4 nitrogen and oxygen atoms in total. The maximum absolute atomic E-state index is 10.7. The Morgan fingerprint density at radius 3 is 2.57 bits per heavy atom. The van der Waals surface area contributed by atoms with E-state index in [4.69, 9.17) is 9.84 Å². The predicted molar refractivity (Wildman–Crippen MR) is 55.4 cm³/mol. The lowest BCUT2D eigenvalue weighted by Gasteiger charge is -2.13. The first-order valence-corrected chi connectivity index (χ1v) is 5.11. The van der Waals surface area contributed by atoms with Gasteiger partial charge in [0.1, 0.15) is 6.04 Å². The third-order valence-corrected chi connectivity index (χ3v) is 1.87. The maximum atomic E-state index is 10.7. The molecule has 0 saturated heterocycles. The average Bonchev–Trinajstić information content (AvgIpc) is 2.09. The second-order valence-electron chi connectivity index (χ2n) is 3.71. The summed E-state index contributed by atoms with van der Waals surface area (Å²) < 4.78 is 5.28. The summed E-state index contributed by atoms with van der Waals surface area (Å²) >= 11 is 0. The first-order chi connectivity index (χ1) is 6.57. The normalized spacial score (nSPS) is 13.1. The molecule has 0 saturated carbocycles. The van der Waals surface area contributed by atoms with Gasteiger partial charge < -0.3 is 15.2 Å². The van der Waals surface area contributed by atoms with E-state index in [0.29, 0.717) is 19.1 Å². The van der Waals surface area contributed by atoms with E-state index in [1.165, 1.54) is 0 Å². The van der Waals surface area contributed by atoms with Crippen molar-refractivity contribution >= 4 is 5.97 Å². The summed E-state index contributed by atoms with van der Waals surface area (Å²) in [5.41, 5.74) is 0. The van der Waals surface area contributed by atoms with Gasteiger partial charge in [0, 0.05) is 6.61 Å². The van der Waals surface area contributed by atoms with Crippen molar-refractivity contribution in [2.24, 2.45) is 5.92 Å². The highest BCUT2D eigenvalue weighted by molar-refractivity contribution is 5.73. The van der Waals surface area contributed by atoms with Crippen LogP contribution >= 0.6 is 0 Å². The Morgan fingerprint density at radius 2 is 2.14 bits per heavy atom. The van der Waals surface area contributed by atoms with Gasteiger partial charge >= 0.3 is 5.97 Å². The molecule has 0 spiro atoms. The Balaban J connectivity index is 3.56. The third-order valence-electron chi connectivity index (χ3n) is 1.87. The number of nitrogens with one attached hydrogen (secondary N) is 1. The molecule has 0 aromatic rings. The summed E-state index contributed by atoms with van der Waals surface area (Å²) in [6.07, 6.45) is 0.971. The van der Waals surface area contributed by atoms with Gasteiger partial charge in [-0.2, -0.15) is 0 Å². The first-order valence-electron chi connectivity index (χ1n) is 5.11. The molecule has 14 heavy (non-hydrogen) atoms. The summed E-state index contributed by atoms with van der Waals surface area (Å²) in [4.78, 5) is 10.7. The first kappa shape index (κ1) is 13.4. The Kier molecular flexibility index (Phi) is 7.42. The van der Waals surface area contributed by atoms with E-state index < -0.39 is 12.0 Å². The van der Waals surface area contributed by atoms with Crippen molar-refractivity contribution in [2.75, 3.05) is 19.8 Å². The van der Waals surface area contributed by atoms with Crippen molar-refractivity contribution in [1.29, 1.82) is 0 Å². The topological polar surface area (TPSA) is 58.6 Å². The lowest BCUT2D eigenvalue weighted by atomic mass is 10.1. The molecule has 0 aromatic carbocycles. The maximum Gasteiger partial charge on any atom is 0.323 e. The summed E-state index contributed by atoms with van der Waals surface area (Å²) in [7, 11) is 0. The number of ether oxygens (including phenoxy) is 1. The second-order valence-corrected chi connectivity index (χ2v) is 3.71. The van der Waals surface area contributed by atoms with Gasteiger partial charge in [0.25, 0.3) is 0 Å². The monoisotopic (exact) mass is 203 g/mol. The number of hydrogen-bond acceptors (Lipinski definition) is 3. The van der Waals surface area contributed by atoms with Crippen molar-refractivity contribution in [3.05, 3.63) is 0 Å². The SMILES string of the molecule is CCNC(COCCC(C)C)C(=O)O. The highest BCUT2D eigenvalue weighted by atomic mass is 16.5. The molecule has 84 valence electrons. The number of carboxylic acid groups (broad SMARTS) is 1. The Hall–Kier alpha value is -0.610. The van der Waals surface area contributed by atoms with E-state index in [9.17, 15) is 4.79 Å². The van der Waals surface area contributed by atoms with E-state index >= 15 is 0 Å². The molecule has 4 heteroatoms. The lowest BCUT2D eigenvalue weighted by Crippen LogP contribution is -2.40. The van der Waals surface area contributed by atoms with Crippen LogP contribution in [0.15, 0.2) is 0 Å². The zero-order chi connectivity index (χ0) is 11.0. The van der Waals surface area contributed by atoms with Crippen LogP contribution in [0.5, 0.6) is 0 Å². The second kappa shape index (κ2) is 7.76. The fourth-order valence-electron chi connectivity index (χ4n) is 0.984. The van der Waals surface area contributed by atoms with E-state index in [2.05, 4.69) is 19.2 Å². The van der Waals surface area contributed by atoms with Gasteiger partial charge in [-0.15, -0.1) is 0 Å². The van der Waals surface area contributed by atoms with Crippen LogP contribution in [-0.2, 0) is 9.53 Å². The molecule has 0 radical (unpaired) electrons. The van der Waals surface area contributed by atoms with E-state index in [1.807, 2.05) is 6.92 Å². The standard InChI is InChI=1S/C10H21NO3/c1-4-11-9(10(12)13)7-14-6-5-8(2)3/h8-9,11H,4-7H2,1-3H3,(H,12,13). The highest BCUT2D eigenvalue weighted by Crippen LogP contribution is 1.99. The zero-order valence-corrected chi connectivity index (χ0v) is 9.25. The molecular weight excluding hydrogens is 182 g/mol. The van der Waals surface area contributed by atoms with Crippen molar-refractivity contribution in [1.82, 2.24) is 5.32 Å². The summed E-state index contributed by atoms with van der Waals surface area (Å²) in [5.74, 6) is -0.256. The number of rotatable bonds is 8. The quantitative estimate of drug-likeness (QED) is 0.580. The molecule has 0 bridgehead atoms. The number of aliphatic carboxylic acids is 1. The molecular formula is C10H21NO3. The largest absolute Gasteiger partial charge is 0.480 e. The van der Waals surface area contributed by atoms with Gasteiger partial charge in [0.05, 0.1) is 6.61 Å². The number of hydrogen-bond donors (Lipinski definition) is 2. The van der Waals surface area contributed by atoms with Gasteiger partial charge in [-0.05, 0) is 18.9 Å². The molecule has 0 aliphatic rings. The Morgan fingerprint density at radius 1 is 1.50 bits per heavy atom. The summed E-state index contributed by atoms with van der Waals surface area (Å²) in [6, 6.07) is -0.577. The van der Waals surface area contributed by atoms with Crippen molar-refractivity contribution < 1.29 is 14.6 Å². The van der Waals surface area contributed by atoms with Crippen molar-refractivity contribution in [3.63, 3.8) is 0 Å². The molecule has 2 N–H and O–H groups in total. The zero-order valence-electron chi connectivity index (χ0n) is 9.25. The van der Waals surface area contributed by atoms with E-state index in [0.717, 1.165) is 6.42 Å². The van der Waals surface area contributed by atoms with Crippen LogP contribution in [0.1, 0.15) is 27.2 Å². The molecule has 0 heterocycles. The number of likely N-dealkylation sites (N-methyl/N-ethyl adjacent to an activating group) is 1. The molecule has 0 aromatic heterocycles. The molecule has 0 fully saturated rings. The van der Waals surface area contributed by atoms with Gasteiger partial charge in [-0.3, -0.25) is 4.79 Å². The summed E-state index contributed by atoms with van der Waals surface area (Å²) in [6.45, 7) is 7.63. The van der Waals surface area contributed by atoms with Crippen LogP contribution in [0.2, 0.25) is 0 Å². The molecule has 0 aliphatic carbocycles. The average molecular weight is 203 g/mol. The minimum atomic E-state index is -0.851. The summed E-state index contributed by atoms with van der Waals surface area (Å²) in [5, 5.41) is 11.6. The van der Waals surface area contributed by atoms with Crippen LogP contribution < -0.4 is 5.32 Å². The van der Waals surface area contributed by atoms with Crippen LogP contribution in [-0.4, -0.2) is 36.9 Å². The van der Waals surface area contributed by atoms with E-state index in [-0.39, 0.29) is 6.61 Å². The van der Waals surface area contributed by atoms with Gasteiger partial charge in [-0.25, -0.2) is 0 Å². The highest BCUT2D eigenvalue weighted by Gasteiger charge is 2.15.